The molecule has 0 aliphatic carbocycles. The fourth-order valence-electron chi connectivity index (χ4n) is 3.40. The molecule has 0 radical (unpaired) electrons. The minimum absolute atomic E-state index is 0.275. The van der Waals surface area contributed by atoms with Gasteiger partial charge in [-0.3, -0.25) is 0 Å². The number of hydrogen-bond acceptors (Lipinski definition) is 3. The van der Waals surface area contributed by atoms with Crippen molar-refractivity contribution in [1.29, 1.82) is 0 Å². The Kier molecular flexibility index (Phi) is 14.5. The van der Waals surface area contributed by atoms with E-state index >= 15 is 0 Å². The Bertz CT molecular complexity index is 225. The van der Waals surface area contributed by atoms with Crippen LogP contribution in [0.25, 0.3) is 0 Å². The summed E-state index contributed by atoms with van der Waals surface area (Å²) in [4.78, 5) is 0. The summed E-state index contributed by atoms with van der Waals surface area (Å²) in [6, 6.07) is 0. The van der Waals surface area contributed by atoms with Crippen molar-refractivity contribution in [3.8, 4) is 0 Å². The molecule has 0 unspecified atom stereocenters. The molecule has 0 aliphatic heterocycles. The van der Waals surface area contributed by atoms with Crippen molar-refractivity contribution in [2.75, 3.05) is 13.9 Å². The van der Waals surface area contributed by atoms with Gasteiger partial charge in [0.2, 0.25) is 0 Å². The van der Waals surface area contributed by atoms with Crippen molar-refractivity contribution in [3.05, 3.63) is 0 Å². The van der Waals surface area contributed by atoms with Crippen LogP contribution in [0.4, 0.5) is 0 Å². The van der Waals surface area contributed by atoms with E-state index in [2.05, 4.69) is 20.8 Å². The van der Waals surface area contributed by atoms with E-state index in [9.17, 15) is 5.11 Å². The van der Waals surface area contributed by atoms with Gasteiger partial charge in [0.15, 0.2) is 0 Å². The van der Waals surface area contributed by atoms with Crippen LogP contribution >= 0.6 is 0 Å². The molecular weight excluding hydrogens is 383 g/mol. The fourth-order valence-corrected chi connectivity index (χ4v) is 21.0. The molecule has 0 aromatic heterocycles. The normalized spacial score (nSPS) is 15.0. The summed E-state index contributed by atoms with van der Waals surface area (Å²) >= 11 is -2.44. The Hall–Kier alpha value is 0.679. The van der Waals surface area contributed by atoms with Crippen molar-refractivity contribution < 1.29 is 14.6 Å². The van der Waals surface area contributed by atoms with Gasteiger partial charge in [0.25, 0.3) is 0 Å². The average Bonchev–Trinajstić information content (AvgIpc) is 2.51. The van der Waals surface area contributed by atoms with Crippen LogP contribution in [0.15, 0.2) is 0 Å². The Balaban J connectivity index is 5.23. The number of aliphatic hydroxyl groups excluding tert-OH is 1. The quantitative estimate of drug-likeness (QED) is 0.293. The van der Waals surface area contributed by atoms with Gasteiger partial charge in [-0.05, 0) is 0 Å². The van der Waals surface area contributed by atoms with E-state index in [-0.39, 0.29) is 6.10 Å². The molecule has 0 saturated carbocycles. The van der Waals surface area contributed by atoms with Crippen LogP contribution in [0, 0.1) is 0 Å². The zero-order valence-electron chi connectivity index (χ0n) is 15.7. The van der Waals surface area contributed by atoms with Crippen LogP contribution in [0.1, 0.15) is 72.6 Å². The van der Waals surface area contributed by atoms with E-state index in [1.807, 2.05) is 6.92 Å². The molecule has 0 saturated heterocycles. The molecule has 0 aromatic carbocycles. The number of rotatable bonds is 15. The van der Waals surface area contributed by atoms with Gasteiger partial charge in [0, 0.05) is 0 Å². The first kappa shape index (κ1) is 22.7. The Labute approximate surface area is 143 Å². The van der Waals surface area contributed by atoms with Crippen LogP contribution in [-0.4, -0.2) is 47.6 Å². The van der Waals surface area contributed by atoms with E-state index in [0.717, 1.165) is 6.42 Å². The first-order chi connectivity index (χ1) is 10.6. The zero-order chi connectivity index (χ0) is 16.8. The molecule has 134 valence electrons. The maximum absolute atomic E-state index is 9.97. The second kappa shape index (κ2) is 14.1. The molecule has 0 rings (SSSR count). The molecule has 0 fully saturated rings. The van der Waals surface area contributed by atoms with E-state index < -0.39 is 18.4 Å². The SMILES string of the molecule is CCC[CH2][Sn]([CH2]CCC)([CH2]CCC)[C@H](C[C@H](C)O)OCOC. The third-order valence-electron chi connectivity index (χ3n) is 4.71. The average molecular weight is 423 g/mol. The molecule has 2 atom stereocenters. The monoisotopic (exact) mass is 424 g/mol. The first-order valence-corrected chi connectivity index (χ1v) is 17.0. The predicted molar refractivity (Wildman–Crippen MR) is 97.9 cm³/mol. The third-order valence-corrected chi connectivity index (χ3v) is 21.3. The van der Waals surface area contributed by atoms with E-state index in [1.165, 1.54) is 51.8 Å². The molecule has 0 spiro atoms. The summed E-state index contributed by atoms with van der Waals surface area (Å²) in [5, 5.41) is 9.97. The Morgan fingerprint density at radius 3 is 1.68 bits per heavy atom. The molecule has 0 amide bonds. The van der Waals surface area contributed by atoms with Crippen LogP contribution in [-0.2, 0) is 9.47 Å². The maximum atomic E-state index is 9.97. The molecule has 4 heteroatoms. The van der Waals surface area contributed by atoms with Gasteiger partial charge in [-0.1, -0.05) is 0 Å². The Morgan fingerprint density at radius 1 is 0.909 bits per heavy atom. The Morgan fingerprint density at radius 2 is 1.36 bits per heavy atom. The third kappa shape index (κ3) is 9.09. The molecular formula is C18H40O3Sn. The fraction of sp³-hybridized carbons (Fsp3) is 1.00. The molecule has 22 heavy (non-hydrogen) atoms. The second-order valence-electron chi connectivity index (χ2n) is 6.82. The van der Waals surface area contributed by atoms with E-state index in [4.69, 9.17) is 9.47 Å². The van der Waals surface area contributed by atoms with Crippen LogP contribution < -0.4 is 0 Å². The van der Waals surface area contributed by atoms with Crippen LogP contribution in [0.2, 0.25) is 13.3 Å². The van der Waals surface area contributed by atoms with Gasteiger partial charge in [-0.2, -0.15) is 0 Å². The summed E-state index contributed by atoms with van der Waals surface area (Å²) in [6.07, 6.45) is 8.31. The van der Waals surface area contributed by atoms with E-state index in [1.54, 1.807) is 7.11 Å². The van der Waals surface area contributed by atoms with Crippen molar-refractivity contribution >= 4 is 18.4 Å². The molecule has 0 aliphatic rings. The van der Waals surface area contributed by atoms with Gasteiger partial charge in [0.1, 0.15) is 0 Å². The van der Waals surface area contributed by atoms with Crippen molar-refractivity contribution in [2.24, 2.45) is 0 Å². The van der Waals surface area contributed by atoms with Gasteiger partial charge >= 0.3 is 143 Å². The second-order valence-corrected chi connectivity index (χ2v) is 20.7. The number of unbranched alkanes of at least 4 members (excludes halogenated alkanes) is 3. The molecule has 0 heterocycles. The molecule has 3 nitrogen and oxygen atoms in total. The predicted octanol–water partition coefficient (Wildman–Crippen LogP) is 5.13. The minimum atomic E-state index is -2.44. The number of aliphatic hydroxyl groups is 1. The first-order valence-electron chi connectivity index (χ1n) is 9.34. The molecule has 0 aromatic rings. The van der Waals surface area contributed by atoms with Gasteiger partial charge in [0.05, 0.1) is 0 Å². The molecule has 0 bridgehead atoms. The summed E-state index contributed by atoms with van der Waals surface area (Å²) in [6.45, 7) is 9.14. The zero-order valence-corrected chi connectivity index (χ0v) is 18.6. The summed E-state index contributed by atoms with van der Waals surface area (Å²) in [5.41, 5.74) is 0. The topological polar surface area (TPSA) is 38.7 Å². The summed E-state index contributed by atoms with van der Waals surface area (Å²) in [7, 11) is 1.70. The van der Waals surface area contributed by atoms with Crippen molar-refractivity contribution in [3.63, 3.8) is 0 Å². The summed E-state index contributed by atoms with van der Waals surface area (Å²) < 4.78 is 15.9. The summed E-state index contributed by atoms with van der Waals surface area (Å²) in [5.74, 6) is 0. The van der Waals surface area contributed by atoms with Gasteiger partial charge < -0.3 is 0 Å². The van der Waals surface area contributed by atoms with Crippen LogP contribution in [0.5, 0.6) is 0 Å². The van der Waals surface area contributed by atoms with Gasteiger partial charge in [-0.15, -0.1) is 0 Å². The number of methoxy groups -OCH3 is 1. The standard InChI is InChI=1S/C6H13O3.3C4H9.Sn/c1-6(7)3-4-9-5-8-2;3*1-3-4-2;/h4,6-7H,3,5H2,1-2H3;3*1,3-4H2,2H3;/t6-;;;;/m0..../s1. The van der Waals surface area contributed by atoms with E-state index in [0.29, 0.717) is 10.9 Å². The van der Waals surface area contributed by atoms with Crippen LogP contribution in [0.3, 0.4) is 0 Å². The molecule has 1 N–H and O–H groups in total. The number of hydrogen-bond donors (Lipinski definition) is 1. The van der Waals surface area contributed by atoms with Crippen molar-refractivity contribution in [1.82, 2.24) is 0 Å². The number of ether oxygens (including phenoxy) is 2. The van der Waals surface area contributed by atoms with Crippen molar-refractivity contribution in [2.45, 2.75) is 96.2 Å². The van der Waals surface area contributed by atoms with Gasteiger partial charge in [-0.25, -0.2) is 0 Å².